The molecule has 1 heterocycles. The maximum absolute atomic E-state index is 11.6. The summed E-state index contributed by atoms with van der Waals surface area (Å²) in [6, 6.07) is 20.4. The molecule has 0 bridgehead atoms. The van der Waals surface area contributed by atoms with Crippen LogP contribution >= 0.6 is 11.6 Å². The maximum atomic E-state index is 11.6. The van der Waals surface area contributed by atoms with Crippen molar-refractivity contribution in [2.75, 3.05) is 19.2 Å². The molecule has 0 spiro atoms. The van der Waals surface area contributed by atoms with Crippen molar-refractivity contribution in [1.82, 2.24) is 0 Å². The highest BCUT2D eigenvalue weighted by atomic mass is 35.5. The summed E-state index contributed by atoms with van der Waals surface area (Å²) in [6.45, 7) is 0. The third kappa shape index (κ3) is 4.07. The second-order valence-electron chi connectivity index (χ2n) is 7.06. The maximum Gasteiger partial charge on any atom is 0.337 e. The summed E-state index contributed by atoms with van der Waals surface area (Å²) in [6.07, 6.45) is 0.643. The summed E-state index contributed by atoms with van der Waals surface area (Å²) in [5.74, 6) is 0.177. The number of benzene rings is 3. The molecule has 0 amide bonds. The highest BCUT2D eigenvalue weighted by Gasteiger charge is 2.31. The van der Waals surface area contributed by atoms with E-state index in [1.54, 1.807) is 32.4 Å². The van der Waals surface area contributed by atoms with E-state index in [1.165, 1.54) is 0 Å². The predicted molar refractivity (Wildman–Crippen MR) is 121 cm³/mol. The quantitative estimate of drug-likeness (QED) is 0.559. The summed E-state index contributed by atoms with van der Waals surface area (Å²) >= 11 is 6.08. The van der Waals surface area contributed by atoms with Crippen LogP contribution in [0.2, 0.25) is 5.02 Å². The Bertz CT molecular complexity index is 1150. The first kappa shape index (κ1) is 20.8. The van der Waals surface area contributed by atoms with Gasteiger partial charge in [0.1, 0.15) is 0 Å². The van der Waals surface area contributed by atoms with Crippen molar-refractivity contribution in [2.45, 2.75) is 12.5 Å². The summed E-state index contributed by atoms with van der Waals surface area (Å²) in [7, 11) is 3.19. The SMILES string of the molecule is COc1ccc(C2CC(c3ccccc3)=NN2c2ccc(Cl)c(C(=O)O)c2)cc1OC. The van der Waals surface area contributed by atoms with Crippen molar-refractivity contribution in [3.63, 3.8) is 0 Å². The van der Waals surface area contributed by atoms with Gasteiger partial charge in [0.2, 0.25) is 0 Å². The molecular weight excluding hydrogens is 416 g/mol. The van der Waals surface area contributed by atoms with Gasteiger partial charge in [0.15, 0.2) is 11.5 Å². The van der Waals surface area contributed by atoms with Gasteiger partial charge in [-0.1, -0.05) is 48.0 Å². The van der Waals surface area contributed by atoms with E-state index in [2.05, 4.69) is 0 Å². The lowest BCUT2D eigenvalue weighted by molar-refractivity contribution is 0.0697. The average Bonchev–Trinajstić information content (AvgIpc) is 3.25. The van der Waals surface area contributed by atoms with Gasteiger partial charge in [-0.2, -0.15) is 5.10 Å². The van der Waals surface area contributed by atoms with Crippen LogP contribution in [0.5, 0.6) is 11.5 Å². The zero-order valence-electron chi connectivity index (χ0n) is 17.1. The van der Waals surface area contributed by atoms with Crippen LogP contribution in [0.3, 0.4) is 0 Å². The summed E-state index contributed by atoms with van der Waals surface area (Å²) < 4.78 is 10.8. The van der Waals surface area contributed by atoms with Gasteiger partial charge < -0.3 is 14.6 Å². The van der Waals surface area contributed by atoms with Crippen molar-refractivity contribution in [3.05, 3.63) is 88.4 Å². The first-order chi connectivity index (χ1) is 15.0. The van der Waals surface area contributed by atoms with Crippen LogP contribution < -0.4 is 14.5 Å². The molecule has 1 atom stereocenters. The lowest BCUT2D eigenvalue weighted by atomic mass is 9.97. The summed E-state index contributed by atoms with van der Waals surface area (Å²) in [4.78, 5) is 11.6. The molecule has 3 aromatic rings. The van der Waals surface area contributed by atoms with E-state index in [1.807, 2.05) is 53.5 Å². The van der Waals surface area contributed by atoms with Crippen LogP contribution in [0.4, 0.5) is 5.69 Å². The lowest BCUT2D eigenvalue weighted by Crippen LogP contribution is -2.19. The predicted octanol–water partition coefficient (Wildman–Crippen LogP) is 5.41. The van der Waals surface area contributed by atoms with Crippen LogP contribution in [-0.4, -0.2) is 31.0 Å². The largest absolute Gasteiger partial charge is 0.493 e. The number of aromatic carboxylic acids is 1. The Morgan fingerprint density at radius 1 is 1.03 bits per heavy atom. The van der Waals surface area contributed by atoms with Gasteiger partial charge in [-0.3, -0.25) is 5.01 Å². The molecule has 0 fully saturated rings. The highest BCUT2D eigenvalue weighted by Crippen LogP contribution is 2.40. The number of carbonyl (C=O) groups is 1. The highest BCUT2D eigenvalue weighted by molar-refractivity contribution is 6.33. The van der Waals surface area contributed by atoms with Crippen LogP contribution in [-0.2, 0) is 0 Å². The Hall–Kier alpha value is -3.51. The Morgan fingerprint density at radius 3 is 2.45 bits per heavy atom. The van der Waals surface area contributed by atoms with Gasteiger partial charge in [-0.25, -0.2) is 4.79 Å². The van der Waals surface area contributed by atoms with E-state index in [4.69, 9.17) is 26.2 Å². The van der Waals surface area contributed by atoms with E-state index in [0.717, 1.165) is 16.8 Å². The van der Waals surface area contributed by atoms with Crippen LogP contribution in [0.15, 0.2) is 71.8 Å². The molecule has 1 N–H and O–H groups in total. The Kier molecular flexibility index (Phi) is 5.82. The fourth-order valence-corrected chi connectivity index (χ4v) is 3.89. The number of halogens is 1. The molecule has 0 saturated heterocycles. The minimum absolute atomic E-state index is 0.0357. The molecule has 1 unspecified atom stereocenters. The number of hydrogen-bond donors (Lipinski definition) is 1. The number of carboxylic acids is 1. The first-order valence-corrected chi connectivity index (χ1v) is 10.1. The molecule has 158 valence electrons. The Morgan fingerprint density at radius 2 is 1.77 bits per heavy atom. The van der Waals surface area contributed by atoms with Gasteiger partial charge in [-0.15, -0.1) is 0 Å². The standard InChI is InChI=1S/C24H21ClN2O4/c1-30-22-11-8-16(12-23(22)31-2)21-14-20(15-6-4-3-5-7-15)26-27(21)17-9-10-19(25)18(13-17)24(28)29/h3-13,21H,14H2,1-2H3,(H,28,29). The van der Waals surface area contributed by atoms with E-state index in [0.29, 0.717) is 23.6 Å². The van der Waals surface area contributed by atoms with E-state index in [9.17, 15) is 9.90 Å². The number of hydrogen-bond acceptors (Lipinski definition) is 5. The molecule has 0 aromatic heterocycles. The molecule has 1 aliphatic rings. The molecule has 4 rings (SSSR count). The Labute approximate surface area is 185 Å². The lowest BCUT2D eigenvalue weighted by Gasteiger charge is -2.25. The minimum Gasteiger partial charge on any atom is -0.493 e. The van der Waals surface area contributed by atoms with E-state index >= 15 is 0 Å². The third-order valence-corrected chi connectivity index (χ3v) is 5.58. The monoisotopic (exact) mass is 436 g/mol. The van der Waals surface area contributed by atoms with Crippen molar-refractivity contribution < 1.29 is 19.4 Å². The minimum atomic E-state index is -1.08. The second-order valence-corrected chi connectivity index (χ2v) is 7.47. The molecule has 0 radical (unpaired) electrons. The van der Waals surface area contributed by atoms with Crippen molar-refractivity contribution in [3.8, 4) is 11.5 Å². The van der Waals surface area contributed by atoms with Crippen molar-refractivity contribution >= 4 is 29.0 Å². The molecular formula is C24H21ClN2O4. The molecule has 31 heavy (non-hydrogen) atoms. The molecule has 1 aliphatic heterocycles. The second kappa shape index (κ2) is 8.70. The van der Waals surface area contributed by atoms with Crippen molar-refractivity contribution in [1.29, 1.82) is 0 Å². The normalized spacial score (nSPS) is 15.5. The number of rotatable bonds is 6. The number of hydrazone groups is 1. The smallest absolute Gasteiger partial charge is 0.337 e. The number of nitrogens with zero attached hydrogens (tertiary/aromatic N) is 2. The summed E-state index contributed by atoms with van der Waals surface area (Å²) in [5, 5.41) is 16.4. The zero-order chi connectivity index (χ0) is 22.0. The third-order valence-electron chi connectivity index (χ3n) is 5.25. The Balaban J connectivity index is 1.81. The molecule has 0 saturated carbocycles. The molecule has 0 aliphatic carbocycles. The van der Waals surface area contributed by atoms with Gasteiger partial charge in [-0.05, 0) is 41.5 Å². The summed E-state index contributed by atoms with van der Waals surface area (Å²) in [5.41, 5.74) is 3.58. The van der Waals surface area contributed by atoms with Crippen molar-refractivity contribution in [2.24, 2.45) is 5.10 Å². The van der Waals surface area contributed by atoms with Gasteiger partial charge in [0.05, 0.1) is 42.2 Å². The van der Waals surface area contributed by atoms with Gasteiger partial charge in [0, 0.05) is 6.42 Å². The molecule has 6 nitrogen and oxygen atoms in total. The van der Waals surface area contributed by atoms with Gasteiger partial charge >= 0.3 is 5.97 Å². The zero-order valence-corrected chi connectivity index (χ0v) is 17.8. The first-order valence-electron chi connectivity index (χ1n) is 9.68. The number of methoxy groups -OCH3 is 2. The topological polar surface area (TPSA) is 71.4 Å². The van der Waals surface area contributed by atoms with E-state index < -0.39 is 5.97 Å². The number of ether oxygens (including phenoxy) is 2. The van der Waals surface area contributed by atoms with Gasteiger partial charge in [0.25, 0.3) is 0 Å². The average molecular weight is 437 g/mol. The fraction of sp³-hybridized carbons (Fsp3) is 0.167. The molecule has 3 aromatic carbocycles. The molecule has 7 heteroatoms. The van der Waals surface area contributed by atoms with Crippen LogP contribution in [0.1, 0.15) is 33.9 Å². The van der Waals surface area contributed by atoms with Crippen LogP contribution in [0.25, 0.3) is 0 Å². The van der Waals surface area contributed by atoms with E-state index in [-0.39, 0.29) is 16.6 Å². The number of carboxylic acid groups (broad SMARTS) is 1. The number of anilines is 1. The van der Waals surface area contributed by atoms with Crippen LogP contribution in [0, 0.1) is 0 Å². The fourth-order valence-electron chi connectivity index (χ4n) is 3.69.